The number of hydrogen-bond acceptors (Lipinski definition) is 5. The highest BCUT2D eigenvalue weighted by Crippen LogP contribution is 2.22. The molecule has 0 fully saturated rings. The molecular formula is C21H35NO4Si. The first-order valence-electron chi connectivity index (χ1n) is 9.77. The van der Waals surface area contributed by atoms with E-state index < -0.39 is 8.80 Å². The molecule has 5 nitrogen and oxygen atoms in total. The van der Waals surface area contributed by atoms with Crippen LogP contribution in [0.15, 0.2) is 23.2 Å². The number of rotatable bonds is 11. The fourth-order valence-corrected chi connectivity index (χ4v) is 5.36. The molecule has 0 saturated heterocycles. The van der Waals surface area contributed by atoms with E-state index in [0.717, 1.165) is 16.7 Å². The highest BCUT2D eigenvalue weighted by atomic mass is 28.4. The first-order chi connectivity index (χ1) is 12.7. The zero-order chi connectivity index (χ0) is 20.5. The van der Waals surface area contributed by atoms with Crippen molar-refractivity contribution in [2.24, 2.45) is 4.99 Å². The maximum atomic E-state index is 12.2. The van der Waals surface area contributed by atoms with E-state index in [1.54, 1.807) is 6.92 Å². The molecule has 0 heterocycles. The minimum absolute atomic E-state index is 0.0486. The Kier molecular flexibility index (Phi) is 9.53. The minimum atomic E-state index is -2.73. The van der Waals surface area contributed by atoms with Gasteiger partial charge in [0.15, 0.2) is 5.78 Å². The van der Waals surface area contributed by atoms with Gasteiger partial charge in [-0.1, -0.05) is 12.1 Å². The van der Waals surface area contributed by atoms with E-state index in [1.807, 2.05) is 66.0 Å². The Morgan fingerprint density at radius 1 is 1.07 bits per heavy atom. The molecule has 1 aromatic rings. The van der Waals surface area contributed by atoms with Crippen LogP contribution < -0.4 is 0 Å². The van der Waals surface area contributed by atoms with E-state index in [0.29, 0.717) is 32.3 Å². The Labute approximate surface area is 165 Å². The van der Waals surface area contributed by atoms with Gasteiger partial charge >= 0.3 is 8.80 Å². The number of ketones is 1. The van der Waals surface area contributed by atoms with Crippen LogP contribution in [0.25, 0.3) is 0 Å². The third kappa shape index (κ3) is 8.05. The number of aliphatic imine (C=N–C) groups is 1. The van der Waals surface area contributed by atoms with Gasteiger partial charge in [0.1, 0.15) is 0 Å². The Morgan fingerprint density at radius 2 is 1.63 bits per heavy atom. The first-order valence-corrected chi connectivity index (χ1v) is 11.7. The molecule has 0 aliphatic rings. The van der Waals surface area contributed by atoms with Crippen molar-refractivity contribution in [2.75, 3.05) is 19.8 Å². The second-order valence-corrected chi connectivity index (χ2v) is 10.1. The lowest BCUT2D eigenvalue weighted by Crippen LogP contribution is -2.46. The Hall–Kier alpha value is -1.34. The van der Waals surface area contributed by atoms with Crippen molar-refractivity contribution in [3.05, 3.63) is 34.9 Å². The fourth-order valence-electron chi connectivity index (χ4n) is 2.78. The molecule has 6 heteroatoms. The molecule has 27 heavy (non-hydrogen) atoms. The maximum absolute atomic E-state index is 12.2. The number of carbonyl (C=O) groups is 1. The largest absolute Gasteiger partial charge is 0.501 e. The molecule has 0 amide bonds. The lowest BCUT2D eigenvalue weighted by Gasteiger charge is -2.28. The lowest BCUT2D eigenvalue weighted by atomic mass is 9.99. The fraction of sp³-hybridized carbons (Fsp3) is 0.619. The summed E-state index contributed by atoms with van der Waals surface area (Å²) in [7, 11) is -2.73. The summed E-state index contributed by atoms with van der Waals surface area (Å²) >= 11 is 0. The van der Waals surface area contributed by atoms with Crippen molar-refractivity contribution in [1.82, 2.24) is 0 Å². The number of benzene rings is 1. The minimum Gasteiger partial charge on any atom is -0.374 e. The molecule has 152 valence electrons. The zero-order valence-corrected chi connectivity index (χ0v) is 18.9. The number of carbonyl (C=O) groups excluding carboxylic acids is 1. The molecule has 0 radical (unpaired) electrons. The predicted octanol–water partition coefficient (Wildman–Crippen LogP) is 4.70. The highest BCUT2D eigenvalue weighted by Gasteiger charge is 2.40. The normalized spacial score (nSPS) is 12.7. The molecule has 0 spiro atoms. The average molecular weight is 394 g/mol. The predicted molar refractivity (Wildman–Crippen MR) is 113 cm³/mol. The summed E-state index contributed by atoms with van der Waals surface area (Å²) in [4.78, 5) is 16.7. The first kappa shape index (κ1) is 23.7. The zero-order valence-electron chi connectivity index (χ0n) is 17.9. The second-order valence-electron chi connectivity index (χ2n) is 7.38. The summed E-state index contributed by atoms with van der Waals surface area (Å²) in [6.07, 6.45) is 2.51. The van der Waals surface area contributed by atoms with Crippen LogP contribution in [-0.2, 0) is 19.7 Å². The topological polar surface area (TPSA) is 57.1 Å². The molecule has 0 bridgehead atoms. The smallest absolute Gasteiger partial charge is 0.374 e. The van der Waals surface area contributed by atoms with Gasteiger partial charge in [0, 0.05) is 37.6 Å². The van der Waals surface area contributed by atoms with Gasteiger partial charge in [0.25, 0.3) is 0 Å². The summed E-state index contributed by atoms with van der Waals surface area (Å²) in [5.74, 6) is 0.0486. The van der Waals surface area contributed by atoms with Crippen molar-refractivity contribution >= 4 is 20.8 Å². The number of nitrogens with zero attached hydrogens (tertiary/aromatic N) is 1. The highest BCUT2D eigenvalue weighted by molar-refractivity contribution is 6.60. The summed E-state index contributed by atoms with van der Waals surface area (Å²) in [6, 6.07) is 6.57. The van der Waals surface area contributed by atoms with E-state index in [-0.39, 0.29) is 11.3 Å². The van der Waals surface area contributed by atoms with Crippen LogP contribution in [0.2, 0.25) is 6.04 Å². The van der Waals surface area contributed by atoms with E-state index in [9.17, 15) is 4.79 Å². The second kappa shape index (κ2) is 10.9. The molecule has 0 saturated carbocycles. The van der Waals surface area contributed by atoms with Gasteiger partial charge in [0.2, 0.25) is 0 Å². The number of hydrogen-bond donors (Lipinski definition) is 0. The lowest BCUT2D eigenvalue weighted by molar-refractivity contribution is 0.0713. The third-order valence-corrected chi connectivity index (χ3v) is 6.96. The van der Waals surface area contributed by atoms with Crippen LogP contribution >= 0.6 is 0 Å². The SMILES string of the molecule is CCO[Si](CCc1ccc(C=NC(C)(C)C)cc1C(C)=O)(OCC)OCC. The van der Waals surface area contributed by atoms with Crippen LogP contribution in [0, 0.1) is 0 Å². The molecule has 0 N–H and O–H groups in total. The maximum Gasteiger partial charge on any atom is 0.501 e. The molecular weight excluding hydrogens is 358 g/mol. The molecule has 0 atom stereocenters. The van der Waals surface area contributed by atoms with Crippen LogP contribution in [-0.4, -0.2) is 46.2 Å². The van der Waals surface area contributed by atoms with Gasteiger partial charge in [-0.15, -0.1) is 0 Å². The van der Waals surface area contributed by atoms with Gasteiger partial charge in [-0.25, -0.2) is 0 Å². The molecule has 1 aromatic carbocycles. The van der Waals surface area contributed by atoms with Crippen molar-refractivity contribution in [1.29, 1.82) is 0 Å². The standard InChI is InChI=1S/C21H35NO4Si/c1-8-24-27(25-9-2,26-10-3)14-13-19-12-11-18(15-20(19)17(4)23)16-22-21(5,6)7/h11-12,15-16H,8-10,13-14H2,1-7H3. The van der Waals surface area contributed by atoms with Gasteiger partial charge in [-0.2, -0.15) is 0 Å². The summed E-state index contributed by atoms with van der Waals surface area (Å²) < 4.78 is 17.8. The third-order valence-electron chi connectivity index (χ3n) is 3.91. The van der Waals surface area contributed by atoms with Crippen molar-refractivity contribution in [3.8, 4) is 0 Å². The van der Waals surface area contributed by atoms with Crippen LogP contribution in [0.3, 0.4) is 0 Å². The average Bonchev–Trinajstić information content (AvgIpc) is 2.58. The monoisotopic (exact) mass is 393 g/mol. The molecule has 0 unspecified atom stereocenters. The van der Waals surface area contributed by atoms with Crippen molar-refractivity contribution in [2.45, 2.75) is 66.5 Å². The van der Waals surface area contributed by atoms with Gasteiger partial charge in [-0.05, 0) is 72.1 Å². The van der Waals surface area contributed by atoms with E-state index in [1.165, 1.54) is 0 Å². The van der Waals surface area contributed by atoms with Gasteiger partial charge in [-0.3, -0.25) is 9.79 Å². The van der Waals surface area contributed by atoms with E-state index in [2.05, 4.69) is 4.99 Å². The van der Waals surface area contributed by atoms with Crippen LogP contribution in [0.1, 0.15) is 70.0 Å². The molecule has 0 aromatic heterocycles. The molecule has 0 aliphatic heterocycles. The molecule has 0 aliphatic carbocycles. The van der Waals surface area contributed by atoms with Gasteiger partial charge in [0.05, 0.1) is 5.54 Å². The number of Topliss-reactive ketones (excluding diaryl/α,β-unsaturated/α-hetero) is 1. The van der Waals surface area contributed by atoms with Crippen LogP contribution in [0.5, 0.6) is 0 Å². The van der Waals surface area contributed by atoms with Crippen molar-refractivity contribution < 1.29 is 18.1 Å². The van der Waals surface area contributed by atoms with Gasteiger partial charge < -0.3 is 13.3 Å². The Balaban J connectivity index is 3.07. The quantitative estimate of drug-likeness (QED) is 0.311. The number of aryl methyl sites for hydroxylation is 1. The summed E-state index contributed by atoms with van der Waals surface area (Å²) in [6.45, 7) is 15.2. The summed E-state index contributed by atoms with van der Waals surface area (Å²) in [5, 5.41) is 0. The van der Waals surface area contributed by atoms with E-state index in [4.69, 9.17) is 13.3 Å². The molecule has 1 rings (SSSR count). The van der Waals surface area contributed by atoms with Crippen LogP contribution in [0.4, 0.5) is 0 Å². The van der Waals surface area contributed by atoms with Crippen molar-refractivity contribution in [3.63, 3.8) is 0 Å². The Bertz CT molecular complexity index is 621. The Morgan fingerprint density at radius 3 is 2.07 bits per heavy atom. The summed E-state index contributed by atoms with van der Waals surface area (Å²) in [5.41, 5.74) is 2.50. The van der Waals surface area contributed by atoms with E-state index >= 15 is 0 Å².